The zero-order valence-corrected chi connectivity index (χ0v) is 13.7. The second kappa shape index (κ2) is 6.89. The molecule has 0 bridgehead atoms. The van der Waals surface area contributed by atoms with Crippen LogP contribution in [-0.4, -0.2) is 17.1 Å². The molecule has 1 N–H and O–H groups in total. The number of thioether (sulfide) groups is 1. The molecule has 0 spiro atoms. The molecule has 0 aliphatic rings. The predicted octanol–water partition coefficient (Wildman–Crippen LogP) is 4.47. The lowest BCUT2D eigenvalue weighted by atomic mass is 10.1. The van der Waals surface area contributed by atoms with Gasteiger partial charge in [-0.15, -0.1) is 11.8 Å². The molecule has 0 aliphatic heterocycles. The topological polar surface area (TPSA) is 72.2 Å². The molecule has 2 aromatic carbocycles. The molecule has 0 heterocycles. The lowest BCUT2D eigenvalue weighted by Crippen LogP contribution is -2.15. The molecular weight excluding hydrogens is 375 g/mol. The van der Waals surface area contributed by atoms with Crippen LogP contribution < -0.4 is 5.32 Å². The molecule has 0 aliphatic carbocycles. The standard InChI is InChI=1S/C14H10BrFN2O3S/c1-22-9-3-5-13(18(20)21)10(7-9)14(19)17-12-4-2-8(15)6-11(12)16/h2-7H,1H3,(H,17,19). The van der Waals surface area contributed by atoms with Crippen LogP contribution in [0.1, 0.15) is 10.4 Å². The first-order valence-corrected chi connectivity index (χ1v) is 8.03. The van der Waals surface area contributed by atoms with E-state index in [-0.39, 0.29) is 16.9 Å². The van der Waals surface area contributed by atoms with Gasteiger partial charge >= 0.3 is 0 Å². The highest BCUT2D eigenvalue weighted by atomic mass is 79.9. The highest BCUT2D eigenvalue weighted by molar-refractivity contribution is 9.10. The Morgan fingerprint density at radius 1 is 1.32 bits per heavy atom. The van der Waals surface area contributed by atoms with Gasteiger partial charge in [0, 0.05) is 15.4 Å². The van der Waals surface area contributed by atoms with Crippen molar-refractivity contribution >= 4 is 45.0 Å². The van der Waals surface area contributed by atoms with Crippen LogP contribution in [0.4, 0.5) is 15.8 Å². The van der Waals surface area contributed by atoms with Crippen molar-refractivity contribution in [2.75, 3.05) is 11.6 Å². The third kappa shape index (κ3) is 3.63. The largest absolute Gasteiger partial charge is 0.319 e. The molecule has 8 heteroatoms. The van der Waals surface area contributed by atoms with Crippen molar-refractivity contribution in [3.05, 3.63) is 62.4 Å². The lowest BCUT2D eigenvalue weighted by molar-refractivity contribution is -0.385. The van der Waals surface area contributed by atoms with Gasteiger partial charge in [-0.1, -0.05) is 15.9 Å². The Labute approximate surface area is 138 Å². The van der Waals surface area contributed by atoms with Crippen molar-refractivity contribution in [1.82, 2.24) is 0 Å². The van der Waals surface area contributed by atoms with Gasteiger partial charge in [-0.25, -0.2) is 4.39 Å². The molecule has 0 saturated heterocycles. The number of nitrogens with zero attached hydrogens (tertiary/aromatic N) is 1. The molecule has 114 valence electrons. The summed E-state index contributed by atoms with van der Waals surface area (Å²) < 4.78 is 14.3. The van der Waals surface area contributed by atoms with Crippen LogP contribution in [0.25, 0.3) is 0 Å². The maximum absolute atomic E-state index is 13.7. The zero-order chi connectivity index (χ0) is 16.3. The number of amides is 1. The van der Waals surface area contributed by atoms with Gasteiger partial charge in [-0.05, 0) is 36.6 Å². The van der Waals surface area contributed by atoms with Gasteiger partial charge in [-0.2, -0.15) is 0 Å². The molecule has 0 fully saturated rings. The van der Waals surface area contributed by atoms with E-state index in [4.69, 9.17) is 0 Å². The van der Waals surface area contributed by atoms with Crippen molar-refractivity contribution in [3.8, 4) is 0 Å². The lowest BCUT2D eigenvalue weighted by Gasteiger charge is -2.08. The average Bonchev–Trinajstić information content (AvgIpc) is 2.49. The molecule has 22 heavy (non-hydrogen) atoms. The molecule has 0 radical (unpaired) electrons. The molecule has 0 unspecified atom stereocenters. The number of anilines is 1. The fourth-order valence-corrected chi connectivity index (χ4v) is 2.54. The third-order valence-corrected chi connectivity index (χ3v) is 4.04. The Bertz CT molecular complexity index is 755. The van der Waals surface area contributed by atoms with Crippen LogP contribution in [0.3, 0.4) is 0 Å². The third-order valence-electron chi connectivity index (χ3n) is 2.82. The van der Waals surface area contributed by atoms with Gasteiger partial charge in [0.1, 0.15) is 11.4 Å². The molecule has 2 rings (SSSR count). The monoisotopic (exact) mass is 384 g/mol. The van der Waals surface area contributed by atoms with E-state index in [0.29, 0.717) is 9.37 Å². The van der Waals surface area contributed by atoms with E-state index in [1.54, 1.807) is 18.4 Å². The van der Waals surface area contributed by atoms with E-state index in [1.165, 1.54) is 36.0 Å². The molecule has 0 atom stereocenters. The van der Waals surface area contributed by atoms with Crippen molar-refractivity contribution in [1.29, 1.82) is 0 Å². The Morgan fingerprint density at radius 3 is 2.64 bits per heavy atom. The number of nitrogens with one attached hydrogen (secondary N) is 1. The summed E-state index contributed by atoms with van der Waals surface area (Å²) in [5.41, 5.74) is -0.482. The fraction of sp³-hybridized carbons (Fsp3) is 0.0714. The van der Waals surface area contributed by atoms with E-state index >= 15 is 0 Å². The number of halogens is 2. The normalized spacial score (nSPS) is 10.3. The summed E-state index contributed by atoms with van der Waals surface area (Å²) in [5, 5.41) is 13.4. The maximum Gasteiger partial charge on any atom is 0.282 e. The predicted molar refractivity (Wildman–Crippen MR) is 86.9 cm³/mol. The summed E-state index contributed by atoms with van der Waals surface area (Å²) in [7, 11) is 0. The van der Waals surface area contributed by atoms with Crippen molar-refractivity contribution in [2.24, 2.45) is 0 Å². The molecule has 0 aromatic heterocycles. The van der Waals surface area contributed by atoms with Gasteiger partial charge in [-0.3, -0.25) is 14.9 Å². The summed E-state index contributed by atoms with van der Waals surface area (Å²) >= 11 is 4.46. The van der Waals surface area contributed by atoms with Crippen LogP contribution in [-0.2, 0) is 0 Å². The summed E-state index contributed by atoms with van der Waals surface area (Å²) in [6.45, 7) is 0. The van der Waals surface area contributed by atoms with Crippen molar-refractivity contribution in [3.63, 3.8) is 0 Å². The minimum absolute atomic E-state index is 0.0444. The van der Waals surface area contributed by atoms with E-state index in [2.05, 4.69) is 21.2 Å². The van der Waals surface area contributed by atoms with Gasteiger partial charge in [0.25, 0.3) is 11.6 Å². The smallest absolute Gasteiger partial charge is 0.282 e. The Morgan fingerprint density at radius 2 is 2.05 bits per heavy atom. The zero-order valence-electron chi connectivity index (χ0n) is 11.3. The summed E-state index contributed by atoms with van der Waals surface area (Å²) in [5.74, 6) is -1.37. The minimum atomic E-state index is -0.733. The molecule has 1 amide bonds. The number of benzene rings is 2. The van der Waals surface area contributed by atoms with Gasteiger partial charge in [0.15, 0.2) is 0 Å². The quantitative estimate of drug-likeness (QED) is 0.479. The molecular formula is C14H10BrFN2O3S. The number of hydrogen-bond donors (Lipinski definition) is 1. The molecule has 0 saturated carbocycles. The second-order valence-electron chi connectivity index (χ2n) is 4.22. The number of nitro benzene ring substituents is 1. The average molecular weight is 385 g/mol. The minimum Gasteiger partial charge on any atom is -0.319 e. The molecule has 5 nitrogen and oxygen atoms in total. The Balaban J connectivity index is 2.38. The van der Waals surface area contributed by atoms with Gasteiger partial charge in [0.05, 0.1) is 10.6 Å². The highest BCUT2D eigenvalue weighted by Crippen LogP contribution is 2.26. The van der Waals surface area contributed by atoms with Gasteiger partial charge < -0.3 is 5.32 Å². The van der Waals surface area contributed by atoms with E-state index in [9.17, 15) is 19.3 Å². The van der Waals surface area contributed by atoms with E-state index in [1.807, 2.05) is 0 Å². The highest BCUT2D eigenvalue weighted by Gasteiger charge is 2.21. The maximum atomic E-state index is 13.7. The second-order valence-corrected chi connectivity index (χ2v) is 6.01. The summed E-state index contributed by atoms with van der Waals surface area (Å²) in [6, 6.07) is 8.36. The number of carbonyl (C=O) groups is 1. The van der Waals surface area contributed by atoms with Crippen molar-refractivity contribution < 1.29 is 14.1 Å². The van der Waals surface area contributed by atoms with Crippen LogP contribution in [0.2, 0.25) is 0 Å². The van der Waals surface area contributed by atoms with Crippen LogP contribution in [0, 0.1) is 15.9 Å². The number of nitro groups is 1. The van der Waals surface area contributed by atoms with Crippen molar-refractivity contribution in [2.45, 2.75) is 4.90 Å². The van der Waals surface area contributed by atoms with E-state index < -0.39 is 16.6 Å². The Kier molecular flexibility index (Phi) is 5.15. The van der Waals surface area contributed by atoms with Crippen LogP contribution in [0.5, 0.6) is 0 Å². The molecule has 2 aromatic rings. The van der Waals surface area contributed by atoms with E-state index in [0.717, 1.165) is 0 Å². The van der Waals surface area contributed by atoms with Crippen LogP contribution in [0.15, 0.2) is 45.8 Å². The summed E-state index contributed by atoms with van der Waals surface area (Å²) in [6.07, 6.45) is 1.79. The first-order valence-electron chi connectivity index (χ1n) is 6.01. The Hall–Kier alpha value is -1.93. The van der Waals surface area contributed by atoms with Gasteiger partial charge in [0.2, 0.25) is 0 Å². The number of hydrogen-bond acceptors (Lipinski definition) is 4. The SMILES string of the molecule is CSc1ccc([N+](=O)[O-])c(C(=O)Nc2ccc(Br)cc2F)c1. The van der Waals surface area contributed by atoms with Crippen LogP contribution >= 0.6 is 27.7 Å². The number of rotatable bonds is 4. The first kappa shape index (κ1) is 16.4. The summed E-state index contributed by atoms with van der Waals surface area (Å²) in [4.78, 5) is 23.3. The first-order chi connectivity index (χ1) is 10.4. The fourth-order valence-electron chi connectivity index (χ4n) is 1.76. The number of carbonyl (C=O) groups excluding carboxylic acids is 1.